The molecule has 0 spiro atoms. The number of aromatic nitrogens is 1. The Balaban J connectivity index is 1.95. The Kier molecular flexibility index (Phi) is 5.37. The molecule has 0 amide bonds. The molecule has 1 aliphatic rings. The summed E-state index contributed by atoms with van der Waals surface area (Å²) in [5.74, 6) is 0.830. The van der Waals surface area contributed by atoms with Crippen molar-refractivity contribution < 1.29 is 8.42 Å². The highest BCUT2D eigenvalue weighted by atomic mass is 32.2. The second-order valence-electron chi connectivity index (χ2n) is 5.27. The molecule has 0 saturated heterocycles. The van der Waals surface area contributed by atoms with Gasteiger partial charge in [0.1, 0.15) is 0 Å². The molecule has 1 heterocycles. The van der Waals surface area contributed by atoms with E-state index in [1.54, 1.807) is 12.1 Å². The Morgan fingerprint density at radius 1 is 1.35 bits per heavy atom. The van der Waals surface area contributed by atoms with E-state index in [-0.39, 0.29) is 5.03 Å². The molecule has 0 atom stereocenters. The van der Waals surface area contributed by atoms with Crippen LogP contribution in [0.3, 0.4) is 0 Å². The predicted molar refractivity (Wildman–Crippen MR) is 80.2 cm³/mol. The molecule has 112 valence electrons. The van der Waals surface area contributed by atoms with Gasteiger partial charge in [-0.2, -0.15) is 0 Å². The second-order valence-corrected chi connectivity index (χ2v) is 6.95. The smallest absolute Gasteiger partial charge is 0.260 e. The third-order valence-corrected chi connectivity index (χ3v) is 4.79. The van der Waals surface area contributed by atoms with E-state index in [0.29, 0.717) is 12.2 Å². The lowest BCUT2D eigenvalue weighted by molar-refractivity contribution is 0.569. The van der Waals surface area contributed by atoms with Gasteiger partial charge in [-0.1, -0.05) is 19.8 Å². The van der Waals surface area contributed by atoms with Gasteiger partial charge in [-0.05, 0) is 37.3 Å². The highest BCUT2D eigenvalue weighted by Crippen LogP contribution is 2.33. The lowest BCUT2D eigenvalue weighted by atomic mass is 10.2. The maximum absolute atomic E-state index is 12.3. The topological polar surface area (TPSA) is 71.1 Å². The zero-order chi connectivity index (χ0) is 14.4. The molecule has 0 bridgehead atoms. The van der Waals surface area contributed by atoms with Crippen LogP contribution in [0.15, 0.2) is 23.4 Å². The Labute approximate surface area is 121 Å². The Morgan fingerprint density at radius 3 is 2.85 bits per heavy atom. The van der Waals surface area contributed by atoms with Crippen molar-refractivity contribution in [1.82, 2.24) is 9.71 Å². The lowest BCUT2D eigenvalue weighted by Crippen LogP contribution is -2.26. The summed E-state index contributed by atoms with van der Waals surface area (Å²) in [7, 11) is -3.52. The average molecular weight is 297 g/mol. The van der Waals surface area contributed by atoms with Crippen molar-refractivity contribution in [3.8, 4) is 0 Å². The maximum Gasteiger partial charge on any atom is 0.260 e. The van der Waals surface area contributed by atoms with Crippen molar-refractivity contribution in [2.45, 2.75) is 44.1 Å². The summed E-state index contributed by atoms with van der Waals surface area (Å²) in [6, 6.07) is 3.49. The number of nitrogens with one attached hydrogen (secondary N) is 2. The third-order valence-electron chi connectivity index (χ3n) is 3.37. The van der Waals surface area contributed by atoms with E-state index in [0.717, 1.165) is 31.7 Å². The number of nitrogens with zero attached hydrogens (tertiary/aromatic N) is 1. The van der Waals surface area contributed by atoms with Gasteiger partial charge in [-0.15, -0.1) is 0 Å². The SMILES string of the molecule is CCCNc1cccnc1S(=O)(=O)NCCCC1CC1. The number of anilines is 1. The van der Waals surface area contributed by atoms with Gasteiger partial charge in [0.25, 0.3) is 10.0 Å². The summed E-state index contributed by atoms with van der Waals surface area (Å²) in [4.78, 5) is 4.02. The second kappa shape index (κ2) is 7.04. The monoisotopic (exact) mass is 297 g/mol. The quantitative estimate of drug-likeness (QED) is 0.687. The molecule has 20 heavy (non-hydrogen) atoms. The van der Waals surface area contributed by atoms with Crippen LogP contribution >= 0.6 is 0 Å². The maximum atomic E-state index is 12.3. The first-order valence-electron chi connectivity index (χ1n) is 7.32. The molecule has 0 radical (unpaired) electrons. The molecule has 1 fully saturated rings. The summed E-state index contributed by atoms with van der Waals surface area (Å²) in [5, 5.41) is 3.20. The summed E-state index contributed by atoms with van der Waals surface area (Å²) >= 11 is 0. The first-order chi connectivity index (χ1) is 9.63. The Morgan fingerprint density at radius 2 is 2.15 bits per heavy atom. The molecule has 2 N–H and O–H groups in total. The largest absolute Gasteiger partial charge is 0.383 e. The first kappa shape index (κ1) is 15.3. The molecule has 0 aliphatic heterocycles. The van der Waals surface area contributed by atoms with Crippen LogP contribution in [0.25, 0.3) is 0 Å². The van der Waals surface area contributed by atoms with Crippen LogP contribution in [0.2, 0.25) is 0 Å². The van der Waals surface area contributed by atoms with Gasteiger partial charge in [0.15, 0.2) is 5.03 Å². The minimum absolute atomic E-state index is 0.0971. The van der Waals surface area contributed by atoms with Crippen LogP contribution in [0, 0.1) is 5.92 Å². The summed E-state index contributed by atoms with van der Waals surface area (Å²) in [6.07, 6.45) is 7.06. The fraction of sp³-hybridized carbons (Fsp3) is 0.643. The van der Waals surface area contributed by atoms with E-state index in [1.807, 2.05) is 6.92 Å². The lowest BCUT2D eigenvalue weighted by Gasteiger charge is -2.11. The molecule has 0 unspecified atom stereocenters. The fourth-order valence-electron chi connectivity index (χ4n) is 2.07. The van der Waals surface area contributed by atoms with Crippen LogP contribution in [-0.4, -0.2) is 26.5 Å². The minimum Gasteiger partial charge on any atom is -0.383 e. The van der Waals surface area contributed by atoms with Gasteiger partial charge in [0.05, 0.1) is 5.69 Å². The van der Waals surface area contributed by atoms with Crippen LogP contribution in [0.4, 0.5) is 5.69 Å². The van der Waals surface area contributed by atoms with Gasteiger partial charge in [-0.25, -0.2) is 18.1 Å². The van der Waals surface area contributed by atoms with E-state index in [1.165, 1.54) is 19.0 Å². The standard InChI is InChI=1S/C14H23N3O2S/c1-2-9-15-13-6-4-10-16-14(13)20(18,19)17-11-3-5-12-7-8-12/h4,6,10,12,15,17H,2-3,5,7-9,11H2,1H3. The van der Waals surface area contributed by atoms with E-state index < -0.39 is 10.0 Å². The molecule has 1 saturated carbocycles. The zero-order valence-electron chi connectivity index (χ0n) is 11.9. The first-order valence-corrected chi connectivity index (χ1v) is 8.80. The molecule has 6 heteroatoms. The van der Waals surface area contributed by atoms with E-state index in [4.69, 9.17) is 0 Å². The van der Waals surface area contributed by atoms with Gasteiger partial charge < -0.3 is 5.32 Å². The minimum atomic E-state index is -3.52. The van der Waals surface area contributed by atoms with Crippen molar-refractivity contribution in [2.24, 2.45) is 5.92 Å². The molecule has 1 aromatic rings. The number of hydrogen-bond donors (Lipinski definition) is 2. The molecule has 5 nitrogen and oxygen atoms in total. The van der Waals surface area contributed by atoms with Crippen molar-refractivity contribution >= 4 is 15.7 Å². The van der Waals surface area contributed by atoms with E-state index in [2.05, 4.69) is 15.0 Å². The van der Waals surface area contributed by atoms with Crippen molar-refractivity contribution in [1.29, 1.82) is 0 Å². The molecular weight excluding hydrogens is 274 g/mol. The molecular formula is C14H23N3O2S. The third kappa shape index (κ3) is 4.45. The Bertz CT molecular complexity index is 527. The summed E-state index contributed by atoms with van der Waals surface area (Å²) in [6.45, 7) is 3.26. The van der Waals surface area contributed by atoms with Gasteiger partial charge in [0, 0.05) is 19.3 Å². The van der Waals surface area contributed by atoms with Crippen LogP contribution < -0.4 is 10.0 Å². The van der Waals surface area contributed by atoms with E-state index >= 15 is 0 Å². The normalized spacial score (nSPS) is 15.2. The van der Waals surface area contributed by atoms with Crippen molar-refractivity contribution in [3.05, 3.63) is 18.3 Å². The van der Waals surface area contributed by atoms with Gasteiger partial charge in [0.2, 0.25) is 0 Å². The van der Waals surface area contributed by atoms with Gasteiger partial charge >= 0.3 is 0 Å². The fourth-order valence-corrected chi connectivity index (χ4v) is 3.25. The van der Waals surface area contributed by atoms with Crippen LogP contribution in [-0.2, 0) is 10.0 Å². The summed E-state index contributed by atoms with van der Waals surface area (Å²) < 4.78 is 27.2. The number of hydrogen-bond acceptors (Lipinski definition) is 4. The molecule has 0 aromatic carbocycles. The summed E-state index contributed by atoms with van der Waals surface area (Å²) in [5.41, 5.74) is 0.573. The highest BCUT2D eigenvalue weighted by molar-refractivity contribution is 7.89. The van der Waals surface area contributed by atoms with Crippen LogP contribution in [0.5, 0.6) is 0 Å². The van der Waals surface area contributed by atoms with Crippen molar-refractivity contribution in [3.63, 3.8) is 0 Å². The number of sulfonamides is 1. The van der Waals surface area contributed by atoms with Crippen molar-refractivity contribution in [2.75, 3.05) is 18.4 Å². The highest BCUT2D eigenvalue weighted by Gasteiger charge is 2.22. The van der Waals surface area contributed by atoms with Gasteiger partial charge in [-0.3, -0.25) is 0 Å². The average Bonchev–Trinajstić information content (AvgIpc) is 3.26. The number of pyridine rings is 1. The molecule has 2 rings (SSSR count). The predicted octanol–water partition coefficient (Wildman–Crippen LogP) is 2.37. The molecule has 1 aromatic heterocycles. The van der Waals surface area contributed by atoms with E-state index in [9.17, 15) is 8.42 Å². The Hall–Kier alpha value is -1.14. The van der Waals surface area contributed by atoms with Crippen LogP contribution in [0.1, 0.15) is 39.0 Å². The number of rotatable bonds is 9. The zero-order valence-corrected chi connectivity index (χ0v) is 12.7. The molecule has 1 aliphatic carbocycles.